The van der Waals surface area contributed by atoms with Crippen molar-refractivity contribution in [3.63, 3.8) is 0 Å². The molecule has 2 heterocycles. The lowest BCUT2D eigenvalue weighted by atomic mass is 10.1. The molecule has 0 saturated carbocycles. The number of anilines is 1. The van der Waals surface area contributed by atoms with Crippen LogP contribution in [0.2, 0.25) is 0 Å². The summed E-state index contributed by atoms with van der Waals surface area (Å²) in [6.45, 7) is 3.59. The Hall–Kier alpha value is -2.73. The molecule has 164 valence electrons. The molecule has 31 heavy (non-hydrogen) atoms. The number of morpholine rings is 1. The minimum absolute atomic E-state index is 0.216. The second-order valence-corrected chi connectivity index (χ2v) is 9.22. The molecule has 0 radical (unpaired) electrons. The zero-order valence-corrected chi connectivity index (χ0v) is 18.5. The lowest BCUT2D eigenvalue weighted by molar-refractivity contribution is 0.0730. The Morgan fingerprint density at radius 2 is 1.77 bits per heavy atom. The van der Waals surface area contributed by atoms with Crippen molar-refractivity contribution < 1.29 is 22.6 Å². The molecule has 0 unspecified atom stereocenters. The van der Waals surface area contributed by atoms with Crippen LogP contribution >= 0.6 is 12.2 Å². The number of thiocarbonyl (C=S) groups is 1. The van der Waals surface area contributed by atoms with Gasteiger partial charge in [-0.1, -0.05) is 0 Å². The number of rotatable bonds is 5. The number of fused-ring (bicyclic) bond motifs is 1. The molecule has 0 amide bonds. The largest absolute Gasteiger partial charge is 0.454 e. The standard InChI is InChI=1S/C20H22N4O5S2/c1-14(15-2-7-18-19(12-15)29-13-28-18)22-23-20(30)21-16-3-5-17(6-4-16)31(25,26)24-8-10-27-11-9-24/h2-7,12H,8-11,13H2,1H3,(H2,21,23,30). The molecule has 2 aromatic carbocycles. The summed E-state index contributed by atoms with van der Waals surface area (Å²) in [6.07, 6.45) is 0. The van der Waals surface area contributed by atoms with E-state index in [0.29, 0.717) is 43.5 Å². The third-order valence-electron chi connectivity index (χ3n) is 4.84. The molecule has 2 N–H and O–H groups in total. The molecule has 1 fully saturated rings. The third-order valence-corrected chi connectivity index (χ3v) is 6.94. The fraction of sp³-hybridized carbons (Fsp3) is 0.300. The minimum Gasteiger partial charge on any atom is -0.454 e. The number of hydrogen-bond donors (Lipinski definition) is 2. The fourth-order valence-corrected chi connectivity index (χ4v) is 4.70. The molecule has 11 heteroatoms. The fourth-order valence-electron chi connectivity index (χ4n) is 3.13. The molecule has 4 rings (SSSR count). The monoisotopic (exact) mass is 462 g/mol. The van der Waals surface area contributed by atoms with Crippen molar-refractivity contribution in [2.24, 2.45) is 5.10 Å². The van der Waals surface area contributed by atoms with E-state index in [-0.39, 0.29) is 16.8 Å². The van der Waals surface area contributed by atoms with E-state index in [1.807, 2.05) is 25.1 Å². The first-order valence-corrected chi connectivity index (χ1v) is 11.5. The Kier molecular flexibility index (Phi) is 6.37. The highest BCUT2D eigenvalue weighted by Crippen LogP contribution is 2.32. The van der Waals surface area contributed by atoms with Crippen LogP contribution in [-0.2, 0) is 14.8 Å². The van der Waals surface area contributed by atoms with Crippen molar-refractivity contribution in [2.45, 2.75) is 11.8 Å². The Labute approximate surface area is 186 Å². The van der Waals surface area contributed by atoms with Crippen molar-refractivity contribution in [3.05, 3.63) is 48.0 Å². The summed E-state index contributed by atoms with van der Waals surface area (Å²) in [5, 5.41) is 7.56. The first-order valence-electron chi connectivity index (χ1n) is 9.63. The van der Waals surface area contributed by atoms with Crippen LogP contribution in [-0.4, -0.2) is 56.6 Å². The first-order chi connectivity index (χ1) is 14.9. The van der Waals surface area contributed by atoms with E-state index in [9.17, 15) is 8.42 Å². The van der Waals surface area contributed by atoms with Crippen molar-refractivity contribution in [1.82, 2.24) is 9.73 Å². The van der Waals surface area contributed by atoms with Crippen LogP contribution in [0.3, 0.4) is 0 Å². The molecule has 2 aliphatic rings. The summed E-state index contributed by atoms with van der Waals surface area (Å²) >= 11 is 5.28. The number of sulfonamides is 1. The van der Waals surface area contributed by atoms with Crippen LogP contribution in [0.4, 0.5) is 5.69 Å². The van der Waals surface area contributed by atoms with Gasteiger partial charge in [0.2, 0.25) is 16.8 Å². The average molecular weight is 463 g/mol. The molecular weight excluding hydrogens is 440 g/mol. The zero-order chi connectivity index (χ0) is 21.8. The van der Waals surface area contributed by atoms with Crippen LogP contribution in [0.25, 0.3) is 0 Å². The predicted molar refractivity (Wildman–Crippen MR) is 120 cm³/mol. The van der Waals surface area contributed by atoms with Crippen LogP contribution < -0.4 is 20.2 Å². The van der Waals surface area contributed by atoms with Gasteiger partial charge in [0.05, 0.1) is 23.8 Å². The second kappa shape index (κ2) is 9.18. The zero-order valence-electron chi connectivity index (χ0n) is 16.8. The molecule has 0 spiro atoms. The van der Waals surface area contributed by atoms with Crippen molar-refractivity contribution in [1.29, 1.82) is 0 Å². The van der Waals surface area contributed by atoms with Gasteiger partial charge < -0.3 is 19.5 Å². The summed E-state index contributed by atoms with van der Waals surface area (Å²) in [6, 6.07) is 12.0. The van der Waals surface area contributed by atoms with E-state index in [4.69, 9.17) is 26.4 Å². The maximum absolute atomic E-state index is 12.7. The van der Waals surface area contributed by atoms with Gasteiger partial charge in [0, 0.05) is 24.3 Å². The van der Waals surface area contributed by atoms with Crippen molar-refractivity contribution >= 4 is 38.8 Å². The minimum atomic E-state index is -3.53. The van der Waals surface area contributed by atoms with E-state index in [1.54, 1.807) is 24.3 Å². The molecular formula is C20H22N4O5S2. The highest BCUT2D eigenvalue weighted by atomic mass is 32.2. The molecule has 0 aliphatic carbocycles. The van der Waals surface area contributed by atoms with Crippen LogP contribution in [0, 0.1) is 0 Å². The predicted octanol–water partition coefficient (Wildman–Crippen LogP) is 2.15. The normalized spacial score (nSPS) is 16.7. The lowest BCUT2D eigenvalue weighted by Gasteiger charge is -2.26. The number of hydrogen-bond acceptors (Lipinski definition) is 7. The van der Waals surface area contributed by atoms with E-state index >= 15 is 0 Å². The van der Waals surface area contributed by atoms with Gasteiger partial charge in [-0.15, -0.1) is 0 Å². The van der Waals surface area contributed by atoms with Gasteiger partial charge in [-0.05, 0) is 61.6 Å². The van der Waals surface area contributed by atoms with Crippen LogP contribution in [0.15, 0.2) is 52.5 Å². The summed E-state index contributed by atoms with van der Waals surface area (Å²) in [5.74, 6) is 1.39. The topological polar surface area (TPSA) is 101 Å². The Balaban J connectivity index is 1.36. The summed E-state index contributed by atoms with van der Waals surface area (Å²) in [7, 11) is -3.53. The number of benzene rings is 2. The number of nitrogens with one attached hydrogen (secondary N) is 2. The summed E-state index contributed by atoms with van der Waals surface area (Å²) < 4.78 is 42.7. The molecule has 2 aliphatic heterocycles. The van der Waals surface area contributed by atoms with Gasteiger partial charge in [0.1, 0.15) is 0 Å². The molecule has 0 aromatic heterocycles. The summed E-state index contributed by atoms with van der Waals surface area (Å²) in [4.78, 5) is 0.232. The van der Waals surface area contributed by atoms with Crippen molar-refractivity contribution in [3.8, 4) is 11.5 Å². The van der Waals surface area contributed by atoms with Gasteiger partial charge in [-0.2, -0.15) is 9.41 Å². The second-order valence-electron chi connectivity index (χ2n) is 6.87. The number of nitrogens with zero attached hydrogens (tertiary/aromatic N) is 2. The first kappa shape index (κ1) is 21.5. The van der Waals surface area contributed by atoms with Gasteiger partial charge in [-0.3, -0.25) is 5.43 Å². The maximum Gasteiger partial charge on any atom is 0.243 e. The van der Waals surface area contributed by atoms with Gasteiger partial charge in [0.15, 0.2) is 16.6 Å². The SMILES string of the molecule is CC(=NNC(=S)Nc1ccc(S(=O)(=O)N2CCOCC2)cc1)c1ccc2c(c1)OCO2. The van der Waals surface area contributed by atoms with E-state index in [0.717, 1.165) is 11.3 Å². The highest BCUT2D eigenvalue weighted by molar-refractivity contribution is 7.89. The Morgan fingerprint density at radius 1 is 1.06 bits per heavy atom. The Bertz CT molecular complexity index is 1100. The molecule has 0 atom stereocenters. The highest BCUT2D eigenvalue weighted by Gasteiger charge is 2.26. The number of hydrazone groups is 1. The number of ether oxygens (including phenoxy) is 3. The van der Waals surface area contributed by atoms with Gasteiger partial charge in [-0.25, -0.2) is 8.42 Å². The van der Waals surface area contributed by atoms with E-state index in [2.05, 4.69) is 15.8 Å². The smallest absolute Gasteiger partial charge is 0.243 e. The maximum atomic E-state index is 12.7. The summed E-state index contributed by atoms with van der Waals surface area (Å²) in [5.41, 5.74) is 5.03. The van der Waals surface area contributed by atoms with Crippen LogP contribution in [0.5, 0.6) is 11.5 Å². The lowest BCUT2D eigenvalue weighted by Crippen LogP contribution is -2.40. The van der Waals surface area contributed by atoms with Gasteiger partial charge in [0.25, 0.3) is 0 Å². The average Bonchev–Trinajstić information content (AvgIpc) is 3.26. The van der Waals surface area contributed by atoms with Crippen molar-refractivity contribution in [2.75, 3.05) is 38.4 Å². The Morgan fingerprint density at radius 3 is 2.52 bits per heavy atom. The van der Waals surface area contributed by atoms with E-state index < -0.39 is 10.0 Å². The third kappa shape index (κ3) is 4.96. The van der Waals surface area contributed by atoms with E-state index in [1.165, 1.54) is 4.31 Å². The molecule has 2 aromatic rings. The molecule has 1 saturated heterocycles. The quantitative estimate of drug-likeness (QED) is 0.396. The van der Waals surface area contributed by atoms with Crippen LogP contribution in [0.1, 0.15) is 12.5 Å². The molecule has 0 bridgehead atoms. The van der Waals surface area contributed by atoms with Gasteiger partial charge >= 0.3 is 0 Å². The molecule has 9 nitrogen and oxygen atoms in total.